The number of aromatic nitrogens is 1. The van der Waals surface area contributed by atoms with E-state index in [0.29, 0.717) is 5.56 Å². The second-order valence-corrected chi connectivity index (χ2v) is 7.70. The fraction of sp³-hybridized carbons (Fsp3) is 0.217. The highest BCUT2D eigenvalue weighted by molar-refractivity contribution is 9.10. The lowest BCUT2D eigenvalue weighted by molar-refractivity contribution is 0.573. The number of pyridine rings is 1. The predicted molar refractivity (Wildman–Crippen MR) is 114 cm³/mol. The minimum absolute atomic E-state index is 0.670. The van der Waals surface area contributed by atoms with Crippen LogP contribution in [-0.2, 0) is 0 Å². The quantitative estimate of drug-likeness (QED) is 0.521. The van der Waals surface area contributed by atoms with E-state index in [1.54, 1.807) is 0 Å². The Morgan fingerprint density at radius 2 is 1.59 bits per heavy atom. The molecule has 0 saturated carbocycles. The van der Waals surface area contributed by atoms with E-state index < -0.39 is 0 Å². The Labute approximate surface area is 168 Å². The smallest absolute Gasteiger partial charge is 0.147 e. The number of piperidine rings is 1. The Kier molecular flexibility index (Phi) is 5.22. The summed E-state index contributed by atoms with van der Waals surface area (Å²) >= 11 is 3.50. The Bertz CT molecular complexity index is 969. The summed E-state index contributed by atoms with van der Waals surface area (Å²) < 4.78 is 1.04. The molecule has 0 aliphatic carbocycles. The lowest BCUT2D eigenvalue weighted by Gasteiger charge is -2.29. The van der Waals surface area contributed by atoms with Gasteiger partial charge in [-0.1, -0.05) is 58.4 Å². The summed E-state index contributed by atoms with van der Waals surface area (Å²) in [5, 5.41) is 9.97. The lowest BCUT2D eigenvalue weighted by Crippen LogP contribution is -2.31. The van der Waals surface area contributed by atoms with Crippen molar-refractivity contribution in [2.24, 2.45) is 0 Å². The SMILES string of the molecule is N#Cc1c(-c2ccccc2)cc(-c2ccc(Br)cc2)nc1N1CCCCC1. The van der Waals surface area contributed by atoms with Gasteiger partial charge >= 0.3 is 0 Å². The van der Waals surface area contributed by atoms with Gasteiger partial charge in [0.1, 0.15) is 17.5 Å². The number of benzene rings is 2. The zero-order valence-electron chi connectivity index (χ0n) is 15.0. The zero-order chi connectivity index (χ0) is 18.6. The van der Waals surface area contributed by atoms with Crippen molar-refractivity contribution < 1.29 is 0 Å². The molecular formula is C23H20BrN3. The Balaban J connectivity index is 1.92. The van der Waals surface area contributed by atoms with Gasteiger partial charge in [0.05, 0.1) is 5.69 Å². The first-order chi connectivity index (χ1) is 13.3. The highest BCUT2D eigenvalue weighted by atomic mass is 79.9. The topological polar surface area (TPSA) is 39.9 Å². The molecular weight excluding hydrogens is 398 g/mol. The maximum absolute atomic E-state index is 9.97. The van der Waals surface area contributed by atoms with E-state index in [2.05, 4.69) is 51.2 Å². The summed E-state index contributed by atoms with van der Waals surface area (Å²) in [5.74, 6) is 0.816. The molecule has 3 nitrogen and oxygen atoms in total. The third-order valence-corrected chi connectivity index (χ3v) is 5.52. The van der Waals surface area contributed by atoms with Crippen LogP contribution in [0.3, 0.4) is 0 Å². The lowest BCUT2D eigenvalue weighted by atomic mass is 9.97. The van der Waals surface area contributed by atoms with Crippen molar-refractivity contribution >= 4 is 21.7 Å². The molecule has 0 unspecified atom stereocenters. The summed E-state index contributed by atoms with van der Waals surface area (Å²) in [6, 6.07) is 22.8. The molecule has 4 heteroatoms. The summed E-state index contributed by atoms with van der Waals surface area (Å²) in [6.07, 6.45) is 3.54. The van der Waals surface area contributed by atoms with E-state index >= 15 is 0 Å². The van der Waals surface area contributed by atoms with E-state index in [1.165, 1.54) is 6.42 Å². The van der Waals surface area contributed by atoms with Crippen molar-refractivity contribution in [3.63, 3.8) is 0 Å². The maximum Gasteiger partial charge on any atom is 0.147 e. The van der Waals surface area contributed by atoms with Crippen LogP contribution in [0, 0.1) is 11.3 Å². The standard InChI is InChI=1S/C23H20BrN3/c24-19-11-9-18(10-12-19)22-15-20(17-7-3-1-4-8-17)21(16-25)23(26-22)27-13-5-2-6-14-27/h1,3-4,7-12,15H,2,5-6,13-14H2. The molecule has 1 aliphatic rings. The van der Waals surface area contributed by atoms with E-state index in [9.17, 15) is 5.26 Å². The van der Waals surface area contributed by atoms with Gasteiger partial charge in [-0.2, -0.15) is 5.26 Å². The van der Waals surface area contributed by atoms with Crippen LogP contribution in [0.15, 0.2) is 65.1 Å². The molecule has 2 heterocycles. The van der Waals surface area contributed by atoms with Crippen LogP contribution in [-0.4, -0.2) is 18.1 Å². The van der Waals surface area contributed by atoms with Crippen LogP contribution in [0.4, 0.5) is 5.82 Å². The van der Waals surface area contributed by atoms with Crippen LogP contribution in [0.2, 0.25) is 0 Å². The molecule has 0 bridgehead atoms. The van der Waals surface area contributed by atoms with Gasteiger partial charge < -0.3 is 4.90 Å². The van der Waals surface area contributed by atoms with Gasteiger partial charge in [0.2, 0.25) is 0 Å². The molecule has 1 aliphatic heterocycles. The zero-order valence-corrected chi connectivity index (χ0v) is 16.6. The normalized spacial score (nSPS) is 14.0. The highest BCUT2D eigenvalue weighted by Crippen LogP contribution is 2.35. The van der Waals surface area contributed by atoms with Crippen LogP contribution in [0.1, 0.15) is 24.8 Å². The minimum Gasteiger partial charge on any atom is -0.355 e. The summed E-state index contributed by atoms with van der Waals surface area (Å²) in [6.45, 7) is 1.92. The first kappa shape index (κ1) is 17.8. The van der Waals surface area contributed by atoms with Gasteiger partial charge in [0, 0.05) is 28.7 Å². The summed E-state index contributed by atoms with van der Waals surface area (Å²) in [7, 11) is 0. The van der Waals surface area contributed by atoms with Gasteiger partial charge in [-0.3, -0.25) is 0 Å². The van der Waals surface area contributed by atoms with E-state index in [4.69, 9.17) is 4.98 Å². The van der Waals surface area contributed by atoms with Gasteiger partial charge in [-0.25, -0.2) is 4.98 Å². The van der Waals surface area contributed by atoms with Crippen molar-refractivity contribution in [2.75, 3.05) is 18.0 Å². The molecule has 1 saturated heterocycles. The van der Waals surface area contributed by atoms with Crippen molar-refractivity contribution in [1.29, 1.82) is 5.26 Å². The van der Waals surface area contributed by atoms with Gasteiger partial charge in [0.15, 0.2) is 0 Å². The Morgan fingerprint density at radius 1 is 0.889 bits per heavy atom. The number of anilines is 1. The second kappa shape index (κ2) is 7.94. The van der Waals surface area contributed by atoms with Gasteiger partial charge in [0.25, 0.3) is 0 Å². The average Bonchev–Trinajstić information content (AvgIpc) is 2.74. The molecule has 27 heavy (non-hydrogen) atoms. The number of nitrogens with zero attached hydrogens (tertiary/aromatic N) is 3. The number of hydrogen-bond acceptors (Lipinski definition) is 3. The third kappa shape index (κ3) is 3.74. The van der Waals surface area contributed by atoms with E-state index in [-0.39, 0.29) is 0 Å². The molecule has 0 radical (unpaired) electrons. The van der Waals surface area contributed by atoms with Crippen molar-refractivity contribution in [3.05, 3.63) is 70.7 Å². The number of hydrogen-bond donors (Lipinski definition) is 0. The van der Waals surface area contributed by atoms with E-state index in [0.717, 1.165) is 58.6 Å². The van der Waals surface area contributed by atoms with Crippen molar-refractivity contribution in [1.82, 2.24) is 4.98 Å². The second-order valence-electron chi connectivity index (χ2n) is 6.79. The summed E-state index contributed by atoms with van der Waals surface area (Å²) in [4.78, 5) is 7.22. The third-order valence-electron chi connectivity index (χ3n) is 4.99. The molecule has 0 amide bonds. The Hall–Kier alpha value is -2.64. The Morgan fingerprint density at radius 3 is 2.26 bits per heavy atom. The monoisotopic (exact) mass is 417 g/mol. The van der Waals surface area contributed by atoms with Gasteiger partial charge in [-0.15, -0.1) is 0 Å². The van der Waals surface area contributed by atoms with Crippen molar-refractivity contribution in [3.8, 4) is 28.5 Å². The van der Waals surface area contributed by atoms with Crippen LogP contribution in [0.5, 0.6) is 0 Å². The van der Waals surface area contributed by atoms with Gasteiger partial charge in [-0.05, 0) is 43.0 Å². The molecule has 4 rings (SSSR count). The summed E-state index contributed by atoms with van der Waals surface area (Å²) in [5.41, 5.74) is 4.63. The highest BCUT2D eigenvalue weighted by Gasteiger charge is 2.21. The minimum atomic E-state index is 0.670. The average molecular weight is 418 g/mol. The van der Waals surface area contributed by atoms with Crippen LogP contribution in [0.25, 0.3) is 22.4 Å². The molecule has 0 spiro atoms. The largest absolute Gasteiger partial charge is 0.355 e. The first-order valence-corrected chi connectivity index (χ1v) is 10.1. The number of halogens is 1. The molecule has 1 aromatic heterocycles. The molecule has 134 valence electrons. The maximum atomic E-state index is 9.97. The molecule has 2 aromatic carbocycles. The number of nitriles is 1. The molecule has 0 N–H and O–H groups in total. The predicted octanol–water partition coefficient (Wildman–Crippen LogP) is 6.04. The van der Waals surface area contributed by atoms with Crippen molar-refractivity contribution in [2.45, 2.75) is 19.3 Å². The fourth-order valence-corrected chi connectivity index (χ4v) is 3.85. The van der Waals surface area contributed by atoms with Crippen LogP contribution >= 0.6 is 15.9 Å². The van der Waals surface area contributed by atoms with E-state index in [1.807, 2.05) is 36.4 Å². The molecule has 0 atom stereocenters. The number of rotatable bonds is 3. The molecule has 1 fully saturated rings. The first-order valence-electron chi connectivity index (χ1n) is 9.28. The molecule has 3 aromatic rings. The fourth-order valence-electron chi connectivity index (χ4n) is 3.59. The van der Waals surface area contributed by atoms with Crippen LogP contribution < -0.4 is 4.90 Å².